The summed E-state index contributed by atoms with van der Waals surface area (Å²) in [6.07, 6.45) is 0.840. The molecule has 1 rings (SSSR count). The maximum Gasteiger partial charge on any atom is 0.251 e. The SMILES string of the molecule is COCC(CCBr)NC(=O)c1cccc(Br)c1C. The first-order chi connectivity index (χ1) is 8.60. The highest BCUT2D eigenvalue weighted by Crippen LogP contribution is 2.19. The maximum absolute atomic E-state index is 12.2. The summed E-state index contributed by atoms with van der Waals surface area (Å²) in [5, 5.41) is 3.82. The lowest BCUT2D eigenvalue weighted by Gasteiger charge is -2.17. The fraction of sp³-hybridized carbons (Fsp3) is 0.462. The molecule has 100 valence electrons. The number of amides is 1. The van der Waals surface area contributed by atoms with Crippen LogP contribution in [0.15, 0.2) is 22.7 Å². The molecular weight excluding hydrogens is 362 g/mol. The first kappa shape index (κ1) is 15.7. The molecule has 0 aliphatic rings. The summed E-state index contributed by atoms with van der Waals surface area (Å²) in [7, 11) is 1.64. The van der Waals surface area contributed by atoms with Crippen molar-refractivity contribution in [3.05, 3.63) is 33.8 Å². The number of alkyl halides is 1. The predicted octanol–water partition coefficient (Wildman–Crippen LogP) is 3.29. The molecule has 0 saturated heterocycles. The first-order valence-corrected chi connectivity index (χ1v) is 7.62. The van der Waals surface area contributed by atoms with E-state index >= 15 is 0 Å². The van der Waals surface area contributed by atoms with Crippen LogP contribution < -0.4 is 5.32 Å². The minimum absolute atomic E-state index is 0.0280. The molecule has 1 aromatic carbocycles. The molecule has 0 aliphatic carbocycles. The molecule has 0 fully saturated rings. The number of ether oxygens (including phenoxy) is 1. The van der Waals surface area contributed by atoms with Crippen molar-refractivity contribution >= 4 is 37.8 Å². The molecular formula is C13H17Br2NO2. The summed E-state index contributed by atoms with van der Waals surface area (Å²) in [5.74, 6) is -0.0585. The molecule has 3 nitrogen and oxygen atoms in total. The van der Waals surface area contributed by atoms with E-state index in [4.69, 9.17) is 4.74 Å². The minimum atomic E-state index is -0.0585. The fourth-order valence-corrected chi connectivity index (χ4v) is 2.57. The van der Waals surface area contributed by atoms with Crippen molar-refractivity contribution in [2.45, 2.75) is 19.4 Å². The highest BCUT2D eigenvalue weighted by atomic mass is 79.9. The van der Waals surface area contributed by atoms with Crippen LogP contribution in [-0.4, -0.2) is 31.0 Å². The Balaban J connectivity index is 2.77. The second-order valence-electron chi connectivity index (χ2n) is 4.02. The van der Waals surface area contributed by atoms with E-state index in [1.54, 1.807) is 7.11 Å². The second kappa shape index (κ2) is 7.92. The summed E-state index contributed by atoms with van der Waals surface area (Å²) < 4.78 is 6.05. The molecule has 1 atom stereocenters. The van der Waals surface area contributed by atoms with Gasteiger partial charge in [-0.2, -0.15) is 0 Å². The molecule has 0 aliphatic heterocycles. The van der Waals surface area contributed by atoms with E-state index in [1.165, 1.54) is 0 Å². The van der Waals surface area contributed by atoms with Crippen LogP contribution in [0.2, 0.25) is 0 Å². The number of rotatable bonds is 6. The number of benzene rings is 1. The van der Waals surface area contributed by atoms with E-state index in [1.807, 2.05) is 25.1 Å². The van der Waals surface area contributed by atoms with Crippen molar-refractivity contribution in [3.63, 3.8) is 0 Å². The first-order valence-electron chi connectivity index (χ1n) is 5.71. The molecule has 0 spiro atoms. The normalized spacial score (nSPS) is 12.2. The number of halogens is 2. The van der Waals surface area contributed by atoms with Crippen LogP contribution in [0.3, 0.4) is 0 Å². The largest absolute Gasteiger partial charge is 0.383 e. The van der Waals surface area contributed by atoms with E-state index in [9.17, 15) is 4.79 Å². The van der Waals surface area contributed by atoms with Gasteiger partial charge in [0.15, 0.2) is 0 Å². The molecule has 1 N–H and O–H groups in total. The van der Waals surface area contributed by atoms with E-state index < -0.39 is 0 Å². The Bertz CT molecular complexity index is 404. The third-order valence-corrected chi connectivity index (χ3v) is 3.99. The Morgan fingerprint density at radius 2 is 2.22 bits per heavy atom. The van der Waals surface area contributed by atoms with Gasteiger partial charge in [-0.1, -0.05) is 37.9 Å². The summed E-state index contributed by atoms with van der Waals surface area (Å²) >= 11 is 6.81. The van der Waals surface area contributed by atoms with E-state index in [2.05, 4.69) is 37.2 Å². The zero-order valence-corrected chi connectivity index (χ0v) is 13.7. The van der Waals surface area contributed by atoms with Crippen molar-refractivity contribution in [1.82, 2.24) is 5.32 Å². The Kier molecular flexibility index (Phi) is 6.89. The zero-order valence-electron chi connectivity index (χ0n) is 10.5. The summed E-state index contributed by atoms with van der Waals surface area (Å²) in [5.41, 5.74) is 1.64. The molecule has 1 unspecified atom stereocenters. The summed E-state index contributed by atoms with van der Waals surface area (Å²) in [6.45, 7) is 2.44. The van der Waals surface area contributed by atoms with Crippen molar-refractivity contribution in [2.24, 2.45) is 0 Å². The topological polar surface area (TPSA) is 38.3 Å². The maximum atomic E-state index is 12.2. The Hall–Kier alpha value is -0.390. The number of nitrogens with one attached hydrogen (secondary N) is 1. The third-order valence-electron chi connectivity index (χ3n) is 2.67. The Morgan fingerprint density at radius 3 is 2.83 bits per heavy atom. The summed E-state index contributed by atoms with van der Waals surface area (Å²) in [6, 6.07) is 5.65. The van der Waals surface area contributed by atoms with Crippen molar-refractivity contribution < 1.29 is 9.53 Å². The van der Waals surface area contributed by atoms with Gasteiger partial charge in [0.1, 0.15) is 0 Å². The molecule has 18 heavy (non-hydrogen) atoms. The van der Waals surface area contributed by atoms with Crippen molar-refractivity contribution in [2.75, 3.05) is 19.0 Å². The quantitative estimate of drug-likeness (QED) is 0.771. The van der Waals surface area contributed by atoms with Crippen LogP contribution in [0.1, 0.15) is 22.3 Å². The molecule has 0 aromatic heterocycles. The fourth-order valence-electron chi connectivity index (χ4n) is 1.65. The summed E-state index contributed by atoms with van der Waals surface area (Å²) in [4.78, 5) is 12.2. The van der Waals surface area contributed by atoms with Crippen LogP contribution in [0.4, 0.5) is 0 Å². The van der Waals surface area contributed by atoms with Gasteiger partial charge in [0.05, 0.1) is 12.6 Å². The highest BCUT2D eigenvalue weighted by molar-refractivity contribution is 9.10. The average Bonchev–Trinajstić information content (AvgIpc) is 2.33. The van der Waals surface area contributed by atoms with Crippen LogP contribution in [0.25, 0.3) is 0 Å². The molecule has 1 aromatic rings. The number of hydrogen-bond acceptors (Lipinski definition) is 2. The van der Waals surface area contributed by atoms with Crippen LogP contribution >= 0.6 is 31.9 Å². The molecule has 1 amide bonds. The lowest BCUT2D eigenvalue weighted by molar-refractivity contribution is 0.0895. The van der Waals surface area contributed by atoms with E-state index in [0.29, 0.717) is 12.2 Å². The predicted molar refractivity (Wildman–Crippen MR) is 80.4 cm³/mol. The van der Waals surface area contributed by atoms with Crippen molar-refractivity contribution in [1.29, 1.82) is 0 Å². The van der Waals surface area contributed by atoms with Gasteiger partial charge >= 0.3 is 0 Å². The zero-order chi connectivity index (χ0) is 13.5. The van der Waals surface area contributed by atoms with Gasteiger partial charge in [0.25, 0.3) is 5.91 Å². The van der Waals surface area contributed by atoms with Crippen LogP contribution in [-0.2, 0) is 4.74 Å². The van der Waals surface area contributed by atoms with E-state index in [0.717, 1.165) is 21.8 Å². The number of carbonyl (C=O) groups is 1. The standard InChI is InChI=1S/C13H17Br2NO2/c1-9-11(4-3-5-12(9)15)13(17)16-10(6-7-14)8-18-2/h3-5,10H,6-8H2,1-2H3,(H,16,17). The molecule has 0 heterocycles. The Labute approximate surface area is 125 Å². The number of hydrogen-bond donors (Lipinski definition) is 1. The minimum Gasteiger partial charge on any atom is -0.383 e. The van der Waals surface area contributed by atoms with Gasteiger partial charge in [-0.3, -0.25) is 4.79 Å². The third kappa shape index (κ3) is 4.37. The smallest absolute Gasteiger partial charge is 0.251 e. The van der Waals surface area contributed by atoms with Gasteiger partial charge in [-0.25, -0.2) is 0 Å². The van der Waals surface area contributed by atoms with Gasteiger partial charge in [0.2, 0.25) is 0 Å². The average molecular weight is 379 g/mol. The van der Waals surface area contributed by atoms with E-state index in [-0.39, 0.29) is 11.9 Å². The van der Waals surface area contributed by atoms with Crippen molar-refractivity contribution in [3.8, 4) is 0 Å². The lowest BCUT2D eigenvalue weighted by Crippen LogP contribution is -2.38. The van der Waals surface area contributed by atoms with Gasteiger partial charge < -0.3 is 10.1 Å². The van der Waals surface area contributed by atoms with Gasteiger partial charge in [-0.15, -0.1) is 0 Å². The molecule has 0 saturated carbocycles. The van der Waals surface area contributed by atoms with Gasteiger partial charge in [-0.05, 0) is 31.0 Å². The molecule has 0 bridgehead atoms. The van der Waals surface area contributed by atoms with Crippen LogP contribution in [0.5, 0.6) is 0 Å². The van der Waals surface area contributed by atoms with Gasteiger partial charge in [0, 0.05) is 22.5 Å². The second-order valence-corrected chi connectivity index (χ2v) is 5.66. The number of carbonyl (C=O) groups excluding carboxylic acids is 1. The lowest BCUT2D eigenvalue weighted by atomic mass is 10.1. The van der Waals surface area contributed by atoms with Crippen LogP contribution in [0, 0.1) is 6.92 Å². The molecule has 5 heteroatoms. The Morgan fingerprint density at radius 1 is 1.50 bits per heavy atom. The highest BCUT2D eigenvalue weighted by Gasteiger charge is 2.15. The molecule has 0 radical (unpaired) electrons. The monoisotopic (exact) mass is 377 g/mol. The number of methoxy groups -OCH3 is 1.